The standard InChI is InChI=1S/2C25H21NO5/c1-29-24-14-19(25(27)28)10-12-23(24)31-15-17-5-4-7-21(13-17)30-16-20-11-9-18-6-2-3-8-22(18)26-20;1-29-23-12-10-19(25(27)28)14-24(23)31-15-17-5-4-7-21(13-17)30-16-20-11-9-18-6-2-3-8-22(18)26-20/h2*2-14H,15-16H2,1H3,(H,27,28). The Morgan fingerprint density at radius 2 is 0.903 bits per heavy atom. The molecule has 0 unspecified atom stereocenters. The second kappa shape index (κ2) is 20.2. The van der Waals surface area contributed by atoms with Crippen molar-refractivity contribution in [1.29, 1.82) is 0 Å². The van der Waals surface area contributed by atoms with E-state index in [1.165, 1.54) is 38.5 Å². The third-order valence-corrected chi connectivity index (χ3v) is 9.49. The number of rotatable bonds is 16. The minimum Gasteiger partial charge on any atom is -0.493 e. The molecule has 0 bridgehead atoms. The number of fused-ring (bicyclic) bond motifs is 2. The molecule has 8 aromatic rings. The number of pyridine rings is 2. The van der Waals surface area contributed by atoms with Crippen LogP contribution in [0.5, 0.6) is 34.5 Å². The molecule has 62 heavy (non-hydrogen) atoms. The van der Waals surface area contributed by atoms with Gasteiger partial charge in [0.2, 0.25) is 0 Å². The summed E-state index contributed by atoms with van der Waals surface area (Å²) in [6, 6.07) is 48.1. The molecule has 0 atom stereocenters. The van der Waals surface area contributed by atoms with Crippen LogP contribution in [0.1, 0.15) is 43.2 Å². The number of aromatic nitrogens is 2. The van der Waals surface area contributed by atoms with Gasteiger partial charge < -0.3 is 38.6 Å². The quantitative estimate of drug-likeness (QED) is 0.0952. The van der Waals surface area contributed by atoms with Gasteiger partial charge in [-0.25, -0.2) is 19.6 Å². The highest BCUT2D eigenvalue weighted by Crippen LogP contribution is 2.31. The van der Waals surface area contributed by atoms with Gasteiger partial charge in [-0.2, -0.15) is 0 Å². The van der Waals surface area contributed by atoms with Crippen LogP contribution in [0.4, 0.5) is 0 Å². The van der Waals surface area contributed by atoms with Crippen molar-refractivity contribution in [3.63, 3.8) is 0 Å². The van der Waals surface area contributed by atoms with Crippen LogP contribution >= 0.6 is 0 Å². The summed E-state index contributed by atoms with van der Waals surface area (Å²) in [5.74, 6) is 1.05. The van der Waals surface area contributed by atoms with Crippen molar-refractivity contribution in [3.8, 4) is 34.5 Å². The number of hydrogen-bond acceptors (Lipinski definition) is 10. The second-order valence-electron chi connectivity index (χ2n) is 13.8. The van der Waals surface area contributed by atoms with Gasteiger partial charge in [-0.3, -0.25) is 0 Å². The zero-order valence-electron chi connectivity index (χ0n) is 33.9. The van der Waals surface area contributed by atoms with Crippen LogP contribution in [-0.2, 0) is 26.4 Å². The van der Waals surface area contributed by atoms with Crippen molar-refractivity contribution in [2.45, 2.75) is 26.4 Å². The van der Waals surface area contributed by atoms with Gasteiger partial charge in [0.15, 0.2) is 23.0 Å². The van der Waals surface area contributed by atoms with Gasteiger partial charge in [-0.05, 0) is 96.1 Å². The van der Waals surface area contributed by atoms with E-state index in [0.29, 0.717) is 47.7 Å². The van der Waals surface area contributed by atoms with E-state index in [9.17, 15) is 14.7 Å². The largest absolute Gasteiger partial charge is 0.493 e. The fraction of sp³-hybridized carbons (Fsp3) is 0.120. The van der Waals surface area contributed by atoms with Crippen LogP contribution in [0, 0.1) is 0 Å². The predicted molar refractivity (Wildman–Crippen MR) is 234 cm³/mol. The molecule has 0 spiro atoms. The van der Waals surface area contributed by atoms with Crippen LogP contribution in [0.3, 0.4) is 0 Å². The lowest BCUT2D eigenvalue weighted by Crippen LogP contribution is -2.02. The number of methoxy groups -OCH3 is 2. The number of benzene rings is 6. The molecule has 0 aliphatic heterocycles. The highest BCUT2D eigenvalue weighted by molar-refractivity contribution is 5.89. The zero-order valence-corrected chi connectivity index (χ0v) is 33.9. The molecule has 12 heteroatoms. The van der Waals surface area contributed by atoms with Crippen molar-refractivity contribution in [1.82, 2.24) is 9.97 Å². The number of carbonyl (C=O) groups is 2. The molecule has 6 aromatic carbocycles. The van der Waals surface area contributed by atoms with Crippen molar-refractivity contribution in [2.75, 3.05) is 14.2 Å². The number of hydrogen-bond donors (Lipinski definition) is 2. The number of aromatic carboxylic acids is 2. The first-order chi connectivity index (χ1) is 30.2. The van der Waals surface area contributed by atoms with Crippen molar-refractivity contribution in [2.24, 2.45) is 0 Å². The van der Waals surface area contributed by atoms with Crippen LogP contribution in [0.25, 0.3) is 21.8 Å². The van der Waals surface area contributed by atoms with E-state index in [2.05, 4.69) is 9.97 Å². The van der Waals surface area contributed by atoms with Crippen LogP contribution < -0.4 is 28.4 Å². The van der Waals surface area contributed by atoms with Gasteiger partial charge >= 0.3 is 11.9 Å². The lowest BCUT2D eigenvalue weighted by molar-refractivity contribution is 0.0685. The molecule has 0 saturated carbocycles. The Morgan fingerprint density at radius 1 is 0.435 bits per heavy atom. The summed E-state index contributed by atoms with van der Waals surface area (Å²) in [6.07, 6.45) is 0. The maximum Gasteiger partial charge on any atom is 0.335 e. The Morgan fingerprint density at radius 3 is 1.40 bits per heavy atom. The summed E-state index contributed by atoms with van der Waals surface area (Å²) in [6.45, 7) is 1.24. The SMILES string of the molecule is COc1cc(C(=O)O)ccc1OCc1cccc(OCc2ccc3ccccc3n2)c1.COc1ccc(C(=O)O)cc1OCc1cccc(OCc2ccc3ccccc3n2)c1. The normalized spacial score (nSPS) is 10.6. The summed E-state index contributed by atoms with van der Waals surface area (Å²) in [5.41, 5.74) is 5.63. The molecule has 0 amide bonds. The fourth-order valence-corrected chi connectivity index (χ4v) is 6.31. The van der Waals surface area contributed by atoms with Gasteiger partial charge in [0.1, 0.15) is 37.9 Å². The molecule has 312 valence electrons. The van der Waals surface area contributed by atoms with Crippen molar-refractivity contribution >= 4 is 33.7 Å². The first-order valence-corrected chi connectivity index (χ1v) is 19.5. The average Bonchev–Trinajstić information content (AvgIpc) is 3.31. The monoisotopic (exact) mass is 830 g/mol. The summed E-state index contributed by atoms with van der Waals surface area (Å²) >= 11 is 0. The van der Waals surface area contributed by atoms with Gasteiger partial charge in [-0.15, -0.1) is 0 Å². The number of carboxylic acids is 2. The maximum absolute atomic E-state index is 11.2. The summed E-state index contributed by atoms with van der Waals surface area (Å²) in [5, 5.41) is 20.5. The first-order valence-electron chi connectivity index (χ1n) is 19.5. The van der Waals surface area contributed by atoms with E-state index in [0.717, 1.165) is 44.3 Å². The molecule has 0 radical (unpaired) electrons. The van der Waals surface area contributed by atoms with Gasteiger partial charge in [0.05, 0.1) is 47.8 Å². The molecule has 0 aliphatic rings. The lowest BCUT2D eigenvalue weighted by atomic mass is 10.2. The topological polar surface area (TPSA) is 156 Å². The van der Waals surface area contributed by atoms with Crippen molar-refractivity contribution in [3.05, 3.63) is 191 Å². The van der Waals surface area contributed by atoms with Gasteiger partial charge in [0, 0.05) is 10.8 Å². The van der Waals surface area contributed by atoms with Gasteiger partial charge in [-0.1, -0.05) is 72.8 Å². The molecule has 2 N–H and O–H groups in total. The minimum absolute atomic E-state index is 0.135. The lowest BCUT2D eigenvalue weighted by Gasteiger charge is -2.12. The molecule has 0 aliphatic carbocycles. The predicted octanol–water partition coefficient (Wildman–Crippen LogP) is 10.2. The minimum atomic E-state index is -1.02. The van der Waals surface area contributed by atoms with E-state index in [1.54, 1.807) is 12.1 Å². The smallest absolute Gasteiger partial charge is 0.335 e. The summed E-state index contributed by atoms with van der Waals surface area (Å²) in [4.78, 5) is 31.6. The maximum atomic E-state index is 11.2. The van der Waals surface area contributed by atoms with E-state index in [1.807, 2.05) is 121 Å². The zero-order chi connectivity index (χ0) is 43.3. The molecule has 2 heterocycles. The third-order valence-electron chi connectivity index (χ3n) is 9.49. The van der Waals surface area contributed by atoms with Crippen LogP contribution in [0.15, 0.2) is 158 Å². The summed E-state index contributed by atoms with van der Waals surface area (Å²) < 4.78 is 34.0. The van der Waals surface area contributed by atoms with E-state index in [-0.39, 0.29) is 24.3 Å². The highest BCUT2D eigenvalue weighted by atomic mass is 16.5. The Bertz CT molecular complexity index is 2830. The Balaban J connectivity index is 0.000000186. The average molecular weight is 831 g/mol. The molecular weight excluding hydrogens is 789 g/mol. The molecule has 2 aromatic heterocycles. The molecular formula is C50H42N2O10. The number of carboxylic acid groups (broad SMARTS) is 2. The van der Waals surface area contributed by atoms with Gasteiger partial charge in [0.25, 0.3) is 0 Å². The first kappa shape index (κ1) is 42.0. The number of para-hydroxylation sites is 2. The van der Waals surface area contributed by atoms with E-state index < -0.39 is 11.9 Å². The second-order valence-corrected chi connectivity index (χ2v) is 13.8. The number of nitrogens with zero attached hydrogens (tertiary/aromatic N) is 2. The Labute approximate surface area is 357 Å². The third kappa shape index (κ3) is 11.1. The van der Waals surface area contributed by atoms with Crippen LogP contribution in [-0.4, -0.2) is 46.3 Å². The molecule has 0 fully saturated rings. The van der Waals surface area contributed by atoms with Crippen LogP contribution in [0.2, 0.25) is 0 Å². The number of ether oxygens (including phenoxy) is 6. The fourth-order valence-electron chi connectivity index (χ4n) is 6.31. The Hall–Kier alpha value is -8.12. The highest BCUT2D eigenvalue weighted by Gasteiger charge is 2.12. The summed E-state index contributed by atoms with van der Waals surface area (Å²) in [7, 11) is 2.99. The molecule has 0 saturated heterocycles. The Kier molecular flexibility index (Phi) is 13.7. The van der Waals surface area contributed by atoms with Crippen molar-refractivity contribution < 1.29 is 48.2 Å². The van der Waals surface area contributed by atoms with E-state index >= 15 is 0 Å². The van der Waals surface area contributed by atoms with E-state index in [4.69, 9.17) is 33.5 Å². The molecule has 12 nitrogen and oxygen atoms in total. The molecule has 8 rings (SSSR count).